The van der Waals surface area contributed by atoms with E-state index in [0.29, 0.717) is 0 Å². The van der Waals surface area contributed by atoms with Crippen molar-refractivity contribution in [1.82, 2.24) is 0 Å². The molecule has 0 aromatic heterocycles. The molecule has 44 valence electrons. The SMILES string of the molecule is N#CC(C#N)(C#N)CS. The highest BCUT2D eigenvalue weighted by Gasteiger charge is 2.27. The Hall–Kier alpha value is -1.18. The van der Waals surface area contributed by atoms with E-state index < -0.39 is 5.41 Å². The molecule has 0 fully saturated rings. The van der Waals surface area contributed by atoms with Gasteiger partial charge in [0.05, 0.1) is 0 Å². The summed E-state index contributed by atoms with van der Waals surface area (Å²) >= 11 is 3.67. The van der Waals surface area contributed by atoms with E-state index in [2.05, 4.69) is 12.6 Å². The van der Waals surface area contributed by atoms with Crippen LogP contribution in [0, 0.1) is 39.4 Å². The molecule has 0 aliphatic heterocycles. The first-order valence-corrected chi connectivity index (χ1v) is 2.72. The molecular formula is C5H3N3S. The minimum Gasteiger partial charge on any atom is -0.195 e. The maximum absolute atomic E-state index is 8.23. The van der Waals surface area contributed by atoms with Gasteiger partial charge in [0.1, 0.15) is 18.2 Å². The van der Waals surface area contributed by atoms with Crippen molar-refractivity contribution in [2.45, 2.75) is 0 Å². The van der Waals surface area contributed by atoms with Crippen molar-refractivity contribution in [3.05, 3.63) is 0 Å². The predicted molar refractivity (Wildman–Crippen MR) is 33.1 cm³/mol. The van der Waals surface area contributed by atoms with E-state index in [9.17, 15) is 0 Å². The third-order valence-corrected chi connectivity index (χ3v) is 1.28. The van der Waals surface area contributed by atoms with Crippen molar-refractivity contribution in [1.29, 1.82) is 15.8 Å². The topological polar surface area (TPSA) is 71.4 Å². The fraction of sp³-hybridized carbons (Fsp3) is 0.400. The summed E-state index contributed by atoms with van der Waals surface area (Å²) in [5, 5.41) is 24.7. The van der Waals surface area contributed by atoms with Crippen molar-refractivity contribution in [2.75, 3.05) is 5.75 Å². The lowest BCUT2D eigenvalue weighted by Gasteiger charge is -2.00. The summed E-state index contributed by atoms with van der Waals surface area (Å²) in [6.45, 7) is 0. The zero-order chi connectivity index (χ0) is 7.33. The first-order chi connectivity index (χ1) is 4.24. The maximum Gasteiger partial charge on any atom is 0.237 e. The van der Waals surface area contributed by atoms with Gasteiger partial charge in [-0.05, 0) is 0 Å². The van der Waals surface area contributed by atoms with Crippen molar-refractivity contribution >= 4 is 12.6 Å². The Morgan fingerprint density at radius 1 is 1.11 bits per heavy atom. The standard InChI is InChI=1S/C5H3N3S/c6-1-5(2-7,3-8)4-9/h9H,4H2. The molecule has 0 bridgehead atoms. The molecule has 0 heterocycles. The second-order valence-corrected chi connectivity index (χ2v) is 1.72. The largest absolute Gasteiger partial charge is 0.237 e. The molecule has 0 saturated carbocycles. The van der Waals surface area contributed by atoms with Gasteiger partial charge in [-0.3, -0.25) is 0 Å². The van der Waals surface area contributed by atoms with Crippen molar-refractivity contribution in [3.63, 3.8) is 0 Å². The average molecular weight is 137 g/mol. The summed E-state index contributed by atoms with van der Waals surface area (Å²) < 4.78 is 0. The van der Waals surface area contributed by atoms with Crippen LogP contribution < -0.4 is 0 Å². The van der Waals surface area contributed by atoms with E-state index >= 15 is 0 Å². The molecule has 0 rings (SSSR count). The molecule has 0 saturated heterocycles. The minimum atomic E-state index is -1.55. The van der Waals surface area contributed by atoms with Crippen molar-refractivity contribution in [3.8, 4) is 18.2 Å². The van der Waals surface area contributed by atoms with E-state index in [1.807, 2.05) is 0 Å². The second-order valence-electron chi connectivity index (χ2n) is 1.40. The van der Waals surface area contributed by atoms with Crippen LogP contribution in [0.1, 0.15) is 0 Å². The van der Waals surface area contributed by atoms with Crippen LogP contribution in [0.15, 0.2) is 0 Å². The van der Waals surface area contributed by atoms with Gasteiger partial charge in [-0.1, -0.05) is 0 Å². The Morgan fingerprint density at radius 2 is 1.44 bits per heavy atom. The number of rotatable bonds is 1. The molecule has 9 heavy (non-hydrogen) atoms. The minimum absolute atomic E-state index is 0.0451. The van der Waals surface area contributed by atoms with Crippen LogP contribution in [0.2, 0.25) is 0 Å². The van der Waals surface area contributed by atoms with E-state index in [0.717, 1.165) is 0 Å². The maximum atomic E-state index is 8.23. The highest BCUT2D eigenvalue weighted by molar-refractivity contribution is 7.80. The lowest BCUT2D eigenvalue weighted by Crippen LogP contribution is -2.14. The molecule has 0 aromatic carbocycles. The number of nitriles is 3. The van der Waals surface area contributed by atoms with Gasteiger partial charge in [-0.2, -0.15) is 28.4 Å². The van der Waals surface area contributed by atoms with Crippen LogP contribution in [0.3, 0.4) is 0 Å². The predicted octanol–water partition coefficient (Wildman–Crippen LogP) is 0.473. The van der Waals surface area contributed by atoms with Gasteiger partial charge >= 0.3 is 0 Å². The van der Waals surface area contributed by atoms with Crippen molar-refractivity contribution in [2.24, 2.45) is 5.41 Å². The summed E-state index contributed by atoms with van der Waals surface area (Å²) in [5.41, 5.74) is -1.55. The Kier molecular flexibility index (Phi) is 2.58. The molecule has 0 spiro atoms. The summed E-state index contributed by atoms with van der Waals surface area (Å²) in [6, 6.07) is 4.70. The normalized spacial score (nSPS) is 8.67. The average Bonchev–Trinajstić information content (AvgIpc) is 1.95. The molecule has 0 unspecified atom stereocenters. The van der Waals surface area contributed by atoms with E-state index in [-0.39, 0.29) is 5.75 Å². The Labute approximate surface area is 58.5 Å². The van der Waals surface area contributed by atoms with Gasteiger partial charge in [-0.15, -0.1) is 0 Å². The van der Waals surface area contributed by atoms with Crippen LogP contribution >= 0.6 is 12.6 Å². The van der Waals surface area contributed by atoms with Gasteiger partial charge in [0.15, 0.2) is 0 Å². The van der Waals surface area contributed by atoms with Gasteiger partial charge in [0, 0.05) is 5.75 Å². The summed E-state index contributed by atoms with van der Waals surface area (Å²) in [7, 11) is 0. The van der Waals surface area contributed by atoms with Gasteiger partial charge in [0.2, 0.25) is 5.41 Å². The number of thiol groups is 1. The Balaban J connectivity index is 4.54. The lowest BCUT2D eigenvalue weighted by molar-refractivity contribution is 0.790. The molecule has 0 aliphatic rings. The quantitative estimate of drug-likeness (QED) is 0.534. The molecular weight excluding hydrogens is 134 g/mol. The van der Waals surface area contributed by atoms with Crippen LogP contribution in [-0.2, 0) is 0 Å². The summed E-state index contributed by atoms with van der Waals surface area (Å²) in [4.78, 5) is 0. The van der Waals surface area contributed by atoms with Crippen LogP contribution in [0.5, 0.6) is 0 Å². The second kappa shape index (κ2) is 2.97. The smallest absolute Gasteiger partial charge is 0.195 e. The molecule has 3 nitrogen and oxygen atoms in total. The molecule has 0 amide bonds. The van der Waals surface area contributed by atoms with Crippen LogP contribution in [-0.4, -0.2) is 5.75 Å². The van der Waals surface area contributed by atoms with E-state index in [1.54, 1.807) is 18.2 Å². The summed E-state index contributed by atoms with van der Waals surface area (Å²) in [6.07, 6.45) is 0. The third kappa shape index (κ3) is 1.35. The molecule has 4 heteroatoms. The Morgan fingerprint density at radius 3 is 1.44 bits per heavy atom. The molecule has 0 aliphatic carbocycles. The lowest BCUT2D eigenvalue weighted by atomic mass is 9.98. The molecule has 0 N–H and O–H groups in total. The fourth-order valence-electron chi connectivity index (χ4n) is 0.181. The number of hydrogen-bond donors (Lipinski definition) is 1. The van der Waals surface area contributed by atoms with Gasteiger partial charge in [0.25, 0.3) is 0 Å². The molecule has 0 aromatic rings. The Bertz CT molecular complexity index is 178. The zero-order valence-electron chi connectivity index (χ0n) is 4.50. The fourth-order valence-corrected chi connectivity index (χ4v) is 0.393. The van der Waals surface area contributed by atoms with Gasteiger partial charge in [-0.25, -0.2) is 0 Å². The first-order valence-electron chi connectivity index (χ1n) is 2.09. The van der Waals surface area contributed by atoms with Crippen molar-refractivity contribution < 1.29 is 0 Å². The van der Waals surface area contributed by atoms with Crippen LogP contribution in [0.25, 0.3) is 0 Å². The number of hydrogen-bond acceptors (Lipinski definition) is 4. The highest BCUT2D eigenvalue weighted by Crippen LogP contribution is 2.13. The zero-order valence-corrected chi connectivity index (χ0v) is 5.39. The monoisotopic (exact) mass is 137 g/mol. The van der Waals surface area contributed by atoms with E-state index in [1.165, 1.54) is 0 Å². The molecule has 0 atom stereocenters. The third-order valence-electron chi connectivity index (χ3n) is 0.810. The first kappa shape index (κ1) is 7.82. The van der Waals surface area contributed by atoms with Gasteiger partial charge < -0.3 is 0 Å². The van der Waals surface area contributed by atoms with Crippen LogP contribution in [0.4, 0.5) is 0 Å². The summed E-state index contributed by atoms with van der Waals surface area (Å²) in [5.74, 6) is -0.0451. The number of nitrogens with zero attached hydrogens (tertiary/aromatic N) is 3. The molecule has 0 radical (unpaired) electrons. The highest BCUT2D eigenvalue weighted by atomic mass is 32.1. The van der Waals surface area contributed by atoms with E-state index in [4.69, 9.17) is 15.8 Å².